The average molecular weight is 627 g/mol. The SMILES string of the molecule is c1ccc(-c2ccc(-c3cc(-c4ccc(-c5ccc6c7ccccc7n(-c7ccccc7)c6c5)cc4)nc(-c4ccncc4)n3)cc2)cc1. The third-order valence-corrected chi connectivity index (χ3v) is 9.15. The van der Waals surface area contributed by atoms with Gasteiger partial charge in [-0.15, -0.1) is 0 Å². The summed E-state index contributed by atoms with van der Waals surface area (Å²) in [5, 5.41) is 2.50. The number of hydrogen-bond donors (Lipinski definition) is 0. The molecule has 49 heavy (non-hydrogen) atoms. The first-order valence-corrected chi connectivity index (χ1v) is 16.4. The second-order valence-electron chi connectivity index (χ2n) is 12.1. The quantitative estimate of drug-likeness (QED) is 0.184. The maximum absolute atomic E-state index is 5.04. The maximum Gasteiger partial charge on any atom is 0.160 e. The van der Waals surface area contributed by atoms with Crippen molar-refractivity contribution in [3.63, 3.8) is 0 Å². The van der Waals surface area contributed by atoms with Crippen molar-refractivity contribution in [1.82, 2.24) is 19.5 Å². The van der Waals surface area contributed by atoms with Gasteiger partial charge in [0.2, 0.25) is 0 Å². The van der Waals surface area contributed by atoms with Crippen LogP contribution in [0.5, 0.6) is 0 Å². The molecule has 0 spiro atoms. The average Bonchev–Trinajstić information content (AvgIpc) is 3.52. The van der Waals surface area contributed by atoms with Crippen LogP contribution in [0.25, 0.3) is 83.6 Å². The maximum atomic E-state index is 5.04. The number of fused-ring (bicyclic) bond motifs is 3. The van der Waals surface area contributed by atoms with Crippen LogP contribution in [0.3, 0.4) is 0 Å². The molecule has 3 heterocycles. The Hall–Kier alpha value is -6.65. The zero-order chi connectivity index (χ0) is 32.6. The van der Waals surface area contributed by atoms with Crippen molar-refractivity contribution in [3.05, 3.63) is 182 Å². The lowest BCUT2D eigenvalue weighted by Crippen LogP contribution is -1.96. The molecule has 230 valence electrons. The van der Waals surface area contributed by atoms with Crippen molar-refractivity contribution in [3.8, 4) is 61.8 Å². The number of benzene rings is 6. The fourth-order valence-electron chi connectivity index (χ4n) is 6.68. The molecule has 4 nitrogen and oxygen atoms in total. The molecular formula is C45H30N4. The van der Waals surface area contributed by atoms with Crippen LogP contribution in [0.4, 0.5) is 0 Å². The smallest absolute Gasteiger partial charge is 0.160 e. The predicted molar refractivity (Wildman–Crippen MR) is 201 cm³/mol. The summed E-state index contributed by atoms with van der Waals surface area (Å²) in [5.74, 6) is 0.672. The summed E-state index contributed by atoms with van der Waals surface area (Å²) in [6.45, 7) is 0. The summed E-state index contributed by atoms with van der Waals surface area (Å²) < 4.78 is 2.36. The van der Waals surface area contributed by atoms with Gasteiger partial charge in [0, 0.05) is 45.5 Å². The van der Waals surface area contributed by atoms with E-state index in [1.54, 1.807) is 12.4 Å². The Balaban J connectivity index is 1.11. The molecular weight excluding hydrogens is 597 g/mol. The van der Waals surface area contributed by atoms with E-state index in [0.29, 0.717) is 5.82 Å². The molecule has 4 heteroatoms. The lowest BCUT2D eigenvalue weighted by Gasteiger charge is -2.11. The molecule has 9 aromatic rings. The second-order valence-corrected chi connectivity index (χ2v) is 12.1. The molecule has 0 bridgehead atoms. The number of aromatic nitrogens is 4. The molecule has 0 amide bonds. The van der Waals surface area contributed by atoms with Crippen molar-refractivity contribution >= 4 is 21.8 Å². The van der Waals surface area contributed by atoms with Crippen molar-refractivity contribution < 1.29 is 0 Å². The molecule has 0 N–H and O–H groups in total. The van der Waals surface area contributed by atoms with E-state index in [-0.39, 0.29) is 0 Å². The molecule has 0 radical (unpaired) electrons. The number of rotatable bonds is 6. The zero-order valence-electron chi connectivity index (χ0n) is 26.6. The first-order valence-electron chi connectivity index (χ1n) is 16.4. The molecule has 6 aromatic carbocycles. The zero-order valence-corrected chi connectivity index (χ0v) is 26.6. The lowest BCUT2D eigenvalue weighted by molar-refractivity contribution is 1.17. The Morgan fingerprint density at radius 2 is 0.857 bits per heavy atom. The Labute approximate surface area is 284 Å². The van der Waals surface area contributed by atoms with E-state index >= 15 is 0 Å². The highest BCUT2D eigenvalue weighted by Crippen LogP contribution is 2.36. The topological polar surface area (TPSA) is 43.6 Å². The summed E-state index contributed by atoms with van der Waals surface area (Å²) in [6.07, 6.45) is 3.56. The highest BCUT2D eigenvalue weighted by molar-refractivity contribution is 6.10. The van der Waals surface area contributed by atoms with Crippen molar-refractivity contribution in [2.75, 3.05) is 0 Å². The van der Waals surface area contributed by atoms with E-state index < -0.39 is 0 Å². The second kappa shape index (κ2) is 12.2. The summed E-state index contributed by atoms with van der Waals surface area (Å²) in [6, 6.07) is 59.7. The van der Waals surface area contributed by atoms with Crippen LogP contribution >= 0.6 is 0 Å². The third-order valence-electron chi connectivity index (χ3n) is 9.15. The van der Waals surface area contributed by atoms with E-state index in [9.17, 15) is 0 Å². The minimum Gasteiger partial charge on any atom is -0.309 e. The summed E-state index contributed by atoms with van der Waals surface area (Å²) in [5.41, 5.74) is 13.0. The minimum absolute atomic E-state index is 0.672. The lowest BCUT2D eigenvalue weighted by atomic mass is 10.00. The molecule has 0 saturated heterocycles. The number of para-hydroxylation sites is 2. The van der Waals surface area contributed by atoms with Crippen LogP contribution in [0.1, 0.15) is 0 Å². The van der Waals surface area contributed by atoms with Crippen LogP contribution in [0.15, 0.2) is 182 Å². The number of pyridine rings is 1. The predicted octanol–water partition coefficient (Wildman–Crippen LogP) is 11.3. The molecule has 9 rings (SSSR count). The molecule has 0 unspecified atom stereocenters. The molecule has 0 atom stereocenters. The van der Waals surface area contributed by atoms with Crippen LogP contribution in [0.2, 0.25) is 0 Å². The van der Waals surface area contributed by atoms with Gasteiger partial charge < -0.3 is 4.57 Å². The van der Waals surface area contributed by atoms with E-state index in [4.69, 9.17) is 9.97 Å². The Bertz CT molecular complexity index is 2560. The van der Waals surface area contributed by atoms with Gasteiger partial charge in [-0.1, -0.05) is 127 Å². The van der Waals surface area contributed by atoms with Crippen LogP contribution < -0.4 is 0 Å². The van der Waals surface area contributed by atoms with Gasteiger partial charge in [0.05, 0.1) is 22.4 Å². The Kier molecular flexibility index (Phi) is 7.10. The molecule has 3 aromatic heterocycles. The van der Waals surface area contributed by atoms with Gasteiger partial charge in [0.25, 0.3) is 0 Å². The molecule has 0 aliphatic heterocycles. The normalized spacial score (nSPS) is 11.3. The fourth-order valence-corrected chi connectivity index (χ4v) is 6.68. The largest absolute Gasteiger partial charge is 0.309 e. The Morgan fingerprint density at radius 1 is 0.347 bits per heavy atom. The van der Waals surface area contributed by atoms with Gasteiger partial charge in [-0.05, 0) is 64.7 Å². The monoisotopic (exact) mass is 626 g/mol. The van der Waals surface area contributed by atoms with Crippen LogP contribution in [-0.4, -0.2) is 19.5 Å². The van der Waals surface area contributed by atoms with E-state index in [0.717, 1.165) is 39.3 Å². The van der Waals surface area contributed by atoms with Gasteiger partial charge in [0.1, 0.15) is 0 Å². The first-order chi connectivity index (χ1) is 24.3. The number of hydrogen-bond acceptors (Lipinski definition) is 3. The summed E-state index contributed by atoms with van der Waals surface area (Å²) in [4.78, 5) is 14.2. The number of nitrogens with zero attached hydrogens (tertiary/aromatic N) is 4. The Morgan fingerprint density at radius 3 is 1.53 bits per heavy atom. The van der Waals surface area contributed by atoms with Gasteiger partial charge in [-0.25, -0.2) is 9.97 Å². The van der Waals surface area contributed by atoms with Crippen LogP contribution in [0, 0.1) is 0 Å². The molecule has 0 aliphatic rings. The van der Waals surface area contributed by atoms with Crippen LogP contribution in [-0.2, 0) is 0 Å². The summed E-state index contributed by atoms with van der Waals surface area (Å²) in [7, 11) is 0. The van der Waals surface area contributed by atoms with Gasteiger partial charge in [-0.3, -0.25) is 4.98 Å². The summed E-state index contributed by atoms with van der Waals surface area (Å²) >= 11 is 0. The van der Waals surface area contributed by atoms with Crippen molar-refractivity contribution in [2.45, 2.75) is 0 Å². The minimum atomic E-state index is 0.672. The third kappa shape index (κ3) is 5.35. The van der Waals surface area contributed by atoms with Crippen molar-refractivity contribution in [2.24, 2.45) is 0 Å². The van der Waals surface area contributed by atoms with E-state index in [1.807, 2.05) is 18.2 Å². The van der Waals surface area contributed by atoms with E-state index in [2.05, 4.69) is 161 Å². The van der Waals surface area contributed by atoms with Crippen molar-refractivity contribution in [1.29, 1.82) is 0 Å². The van der Waals surface area contributed by atoms with Gasteiger partial charge in [-0.2, -0.15) is 0 Å². The fraction of sp³-hybridized carbons (Fsp3) is 0. The standard InChI is InChI=1S/C45H30N4/c1-3-9-31(10-4-1)32-15-19-34(20-16-32)41-30-42(48-45(47-41)36-25-27-46-28-26-36)35-21-17-33(18-22-35)37-23-24-40-39-13-7-8-14-43(39)49(44(40)29-37)38-11-5-2-6-12-38/h1-30H. The molecule has 0 fully saturated rings. The van der Waals surface area contributed by atoms with E-state index in [1.165, 1.54) is 38.5 Å². The molecule has 0 saturated carbocycles. The van der Waals surface area contributed by atoms with Gasteiger partial charge in [0.15, 0.2) is 5.82 Å². The van der Waals surface area contributed by atoms with Gasteiger partial charge >= 0.3 is 0 Å². The highest BCUT2D eigenvalue weighted by Gasteiger charge is 2.14. The highest BCUT2D eigenvalue weighted by atomic mass is 15.0. The molecule has 0 aliphatic carbocycles. The first kappa shape index (κ1) is 28.6.